The number of allylic oxidation sites excluding steroid dienone is 3. The lowest BCUT2D eigenvalue weighted by Gasteiger charge is -2.30. The minimum Gasteiger partial charge on any atom is -0.311 e. The Morgan fingerprint density at radius 1 is 0.412 bits per heavy atom. The summed E-state index contributed by atoms with van der Waals surface area (Å²) in [6, 6.07) is 76.9. The Bertz CT molecular complexity index is 3720. The number of fused-ring (bicyclic) bond motifs is 9. The van der Waals surface area contributed by atoms with Crippen LogP contribution in [0, 0.1) is 0 Å². The van der Waals surface area contributed by atoms with Crippen LogP contribution in [0.15, 0.2) is 224 Å². The van der Waals surface area contributed by atoms with Gasteiger partial charge in [0.2, 0.25) is 0 Å². The van der Waals surface area contributed by atoms with Gasteiger partial charge in [-0.2, -0.15) is 0 Å². The van der Waals surface area contributed by atoms with E-state index in [2.05, 4.69) is 256 Å². The first-order chi connectivity index (χ1) is 33.2. The van der Waals surface area contributed by atoms with Crippen molar-refractivity contribution in [2.24, 2.45) is 0 Å². The van der Waals surface area contributed by atoms with Crippen molar-refractivity contribution in [2.75, 3.05) is 4.90 Å². The molecular weight excluding hydrogens is 821 g/mol. The molecule has 13 rings (SSSR count). The van der Waals surface area contributed by atoms with Gasteiger partial charge in [0.25, 0.3) is 0 Å². The first-order valence-corrected chi connectivity index (χ1v) is 24.2. The Kier molecular flexibility index (Phi) is 9.08. The number of nitrogens with zero attached hydrogens (tertiary/aromatic N) is 2. The van der Waals surface area contributed by atoms with Crippen molar-refractivity contribution >= 4 is 38.8 Å². The van der Waals surface area contributed by atoms with Crippen LogP contribution in [0.1, 0.15) is 68.4 Å². The summed E-state index contributed by atoms with van der Waals surface area (Å²) >= 11 is 0. The molecule has 2 nitrogen and oxygen atoms in total. The molecule has 0 unspecified atom stereocenters. The molecule has 326 valence electrons. The number of aromatic nitrogens is 1. The van der Waals surface area contributed by atoms with Gasteiger partial charge in [-0.1, -0.05) is 185 Å². The van der Waals surface area contributed by atoms with Crippen molar-refractivity contribution in [3.8, 4) is 50.2 Å². The van der Waals surface area contributed by atoms with Crippen molar-refractivity contribution in [3.63, 3.8) is 0 Å². The lowest BCUT2D eigenvalue weighted by Crippen LogP contribution is -2.18. The van der Waals surface area contributed by atoms with Crippen LogP contribution in [-0.2, 0) is 10.8 Å². The van der Waals surface area contributed by atoms with Crippen molar-refractivity contribution < 1.29 is 0 Å². The number of hydrogen-bond acceptors (Lipinski definition) is 1. The zero-order valence-electron chi connectivity index (χ0n) is 39.1. The molecule has 0 atom stereocenters. The zero-order valence-corrected chi connectivity index (χ0v) is 39.1. The van der Waals surface area contributed by atoms with Crippen molar-refractivity contribution in [2.45, 2.75) is 51.4 Å². The Balaban J connectivity index is 0.892. The minimum absolute atomic E-state index is 0.0528. The first-order valence-electron chi connectivity index (χ1n) is 24.2. The molecule has 1 heterocycles. The molecule has 3 aliphatic rings. The standard InChI is InChI=1S/C66H52N2/c1-65(2)58-27-11-9-24-53(58)56-42-51(36-37-60(56)65)67(49-34-31-44(32-35-49)43-17-6-5-7-18-43)50-22-15-21-47(40-50)45-19-14-20-46(39-45)48-33-38-62-57(41-48)54-25-10-13-29-61(54)68(62)63-30-16-26-55-52-23-8-12-28-59(52)66(3,4)64(55)63/h5-14,16-20,22-42H,15,21H2,1-4H3. The largest absolute Gasteiger partial charge is 0.311 e. The van der Waals surface area contributed by atoms with Crippen LogP contribution < -0.4 is 4.90 Å². The summed E-state index contributed by atoms with van der Waals surface area (Å²) in [5, 5.41) is 2.54. The van der Waals surface area contributed by atoms with E-state index < -0.39 is 0 Å². The summed E-state index contributed by atoms with van der Waals surface area (Å²) in [6.45, 7) is 9.48. The average Bonchev–Trinajstić information content (AvgIpc) is 3.93. The molecule has 1 aromatic heterocycles. The van der Waals surface area contributed by atoms with Gasteiger partial charge in [0.05, 0.1) is 16.7 Å². The smallest absolute Gasteiger partial charge is 0.0541 e. The number of anilines is 2. The van der Waals surface area contributed by atoms with Gasteiger partial charge in [-0.05, 0) is 151 Å². The van der Waals surface area contributed by atoms with Gasteiger partial charge in [-0.3, -0.25) is 0 Å². The maximum absolute atomic E-state index is 2.51. The van der Waals surface area contributed by atoms with E-state index in [1.54, 1.807) is 0 Å². The van der Waals surface area contributed by atoms with Crippen molar-refractivity contribution in [3.05, 3.63) is 252 Å². The summed E-state index contributed by atoms with van der Waals surface area (Å²) in [6.07, 6.45) is 6.80. The van der Waals surface area contributed by atoms with Crippen LogP contribution in [0.5, 0.6) is 0 Å². The number of rotatable bonds is 7. The molecule has 0 spiro atoms. The molecule has 2 heteroatoms. The molecule has 10 aromatic rings. The van der Waals surface area contributed by atoms with Crippen molar-refractivity contribution in [1.29, 1.82) is 0 Å². The molecule has 9 aromatic carbocycles. The number of hydrogen-bond donors (Lipinski definition) is 0. The van der Waals surface area contributed by atoms with E-state index >= 15 is 0 Å². The Morgan fingerprint density at radius 3 is 1.82 bits per heavy atom. The number of benzene rings is 9. The highest BCUT2D eigenvalue weighted by Gasteiger charge is 2.38. The Labute approximate surface area is 399 Å². The predicted octanol–water partition coefficient (Wildman–Crippen LogP) is 17.6. The van der Waals surface area contributed by atoms with Gasteiger partial charge in [-0.15, -0.1) is 0 Å². The van der Waals surface area contributed by atoms with Crippen LogP contribution in [0.4, 0.5) is 11.4 Å². The SMILES string of the molecule is CC1(C)c2ccccc2-c2cc(N(C3=CCCC(c4cccc(-c5ccc6c(c5)c5ccccc5n6-c5cccc6c5C(C)(C)c5ccccc5-6)c4)=C3)c3ccc(-c4ccccc4)cc3)ccc21. The third-order valence-corrected chi connectivity index (χ3v) is 15.4. The minimum atomic E-state index is -0.127. The molecular formula is C66H52N2. The molecule has 68 heavy (non-hydrogen) atoms. The van der Waals surface area contributed by atoms with E-state index in [1.165, 1.54) is 117 Å². The normalized spacial score (nSPS) is 15.1. The second kappa shape index (κ2) is 15.3. The molecule has 0 saturated heterocycles. The average molecular weight is 873 g/mol. The van der Waals surface area contributed by atoms with Gasteiger partial charge >= 0.3 is 0 Å². The Morgan fingerprint density at radius 2 is 1.00 bits per heavy atom. The second-order valence-electron chi connectivity index (χ2n) is 20.0. The van der Waals surface area contributed by atoms with Gasteiger partial charge in [-0.25, -0.2) is 0 Å². The molecule has 0 N–H and O–H groups in total. The molecule has 0 aliphatic heterocycles. The maximum atomic E-state index is 2.51. The fraction of sp³-hybridized carbons (Fsp3) is 0.121. The molecule has 0 bridgehead atoms. The Hall–Kier alpha value is -7.94. The summed E-state index contributed by atoms with van der Waals surface area (Å²) in [5.41, 5.74) is 25.5. The summed E-state index contributed by atoms with van der Waals surface area (Å²) in [5.74, 6) is 0. The number of para-hydroxylation sites is 1. The van der Waals surface area contributed by atoms with E-state index in [0.717, 1.165) is 18.5 Å². The van der Waals surface area contributed by atoms with E-state index in [0.29, 0.717) is 0 Å². The first kappa shape index (κ1) is 40.3. The second-order valence-corrected chi connectivity index (χ2v) is 20.0. The summed E-state index contributed by atoms with van der Waals surface area (Å²) in [4.78, 5) is 2.47. The van der Waals surface area contributed by atoms with Crippen LogP contribution in [0.3, 0.4) is 0 Å². The molecule has 0 radical (unpaired) electrons. The lowest BCUT2D eigenvalue weighted by atomic mass is 9.81. The topological polar surface area (TPSA) is 8.17 Å². The molecule has 0 amide bonds. The van der Waals surface area contributed by atoms with E-state index in [1.807, 2.05) is 0 Å². The highest BCUT2D eigenvalue weighted by Crippen LogP contribution is 2.53. The molecule has 0 fully saturated rings. The summed E-state index contributed by atoms with van der Waals surface area (Å²) in [7, 11) is 0. The molecule has 0 saturated carbocycles. The van der Waals surface area contributed by atoms with Crippen LogP contribution in [-0.4, -0.2) is 4.57 Å². The third-order valence-electron chi connectivity index (χ3n) is 15.4. The lowest BCUT2D eigenvalue weighted by molar-refractivity contribution is 0.656. The fourth-order valence-electron chi connectivity index (χ4n) is 12.1. The van der Waals surface area contributed by atoms with E-state index in [-0.39, 0.29) is 10.8 Å². The van der Waals surface area contributed by atoms with Crippen molar-refractivity contribution in [1.82, 2.24) is 4.57 Å². The van der Waals surface area contributed by atoms with Gasteiger partial charge in [0.1, 0.15) is 0 Å². The van der Waals surface area contributed by atoms with Crippen LogP contribution in [0.25, 0.3) is 77.6 Å². The monoisotopic (exact) mass is 872 g/mol. The van der Waals surface area contributed by atoms with Crippen LogP contribution in [0.2, 0.25) is 0 Å². The van der Waals surface area contributed by atoms with Gasteiger partial charge < -0.3 is 9.47 Å². The molecule has 3 aliphatic carbocycles. The van der Waals surface area contributed by atoms with Crippen LogP contribution >= 0.6 is 0 Å². The maximum Gasteiger partial charge on any atom is 0.0541 e. The highest BCUT2D eigenvalue weighted by atomic mass is 15.1. The van der Waals surface area contributed by atoms with E-state index in [9.17, 15) is 0 Å². The quantitative estimate of drug-likeness (QED) is 0.155. The predicted molar refractivity (Wildman–Crippen MR) is 287 cm³/mol. The van der Waals surface area contributed by atoms with E-state index in [4.69, 9.17) is 0 Å². The van der Waals surface area contributed by atoms with Gasteiger partial charge in [0.15, 0.2) is 0 Å². The summed E-state index contributed by atoms with van der Waals surface area (Å²) < 4.78 is 2.51. The highest BCUT2D eigenvalue weighted by molar-refractivity contribution is 6.11. The van der Waals surface area contributed by atoms with Gasteiger partial charge in [0, 0.05) is 38.7 Å². The third kappa shape index (κ3) is 6.17. The zero-order chi connectivity index (χ0) is 45.7. The fourth-order valence-corrected chi connectivity index (χ4v) is 12.1.